The third-order valence-electron chi connectivity index (χ3n) is 2.33. The maximum absolute atomic E-state index is 12.9. The molecule has 20 heavy (non-hydrogen) atoms. The summed E-state index contributed by atoms with van der Waals surface area (Å²) in [6.45, 7) is 9.23. The van der Waals surface area contributed by atoms with Gasteiger partial charge in [-0.05, 0) is 40.0 Å². The Hall–Kier alpha value is -0.490. The van der Waals surface area contributed by atoms with Crippen LogP contribution in [0.15, 0.2) is 0 Å². The summed E-state index contributed by atoms with van der Waals surface area (Å²) in [6.07, 6.45) is -1.000. The van der Waals surface area contributed by atoms with Gasteiger partial charge in [-0.25, -0.2) is 0 Å². The molecule has 0 bridgehead atoms. The van der Waals surface area contributed by atoms with Crippen molar-refractivity contribution in [3.63, 3.8) is 0 Å². The van der Waals surface area contributed by atoms with Crippen molar-refractivity contribution in [3.8, 4) is 0 Å². The second-order valence-electron chi connectivity index (χ2n) is 5.88. The van der Waals surface area contributed by atoms with E-state index < -0.39 is 36.6 Å². The summed E-state index contributed by atoms with van der Waals surface area (Å²) in [4.78, 5) is 10.1. The molecular weight excluding hydrogens is 285 g/mol. The molecule has 0 fully saturated rings. The number of hydrogen-bond donors (Lipinski definition) is 1. The Bertz CT molecular complexity index is 357. The van der Waals surface area contributed by atoms with Crippen molar-refractivity contribution in [1.82, 2.24) is 0 Å². The fourth-order valence-electron chi connectivity index (χ4n) is 1.90. The van der Waals surface area contributed by atoms with E-state index in [0.29, 0.717) is 0 Å². The molecule has 0 rings (SSSR count). The highest BCUT2D eigenvalue weighted by Gasteiger charge is 2.55. The minimum absolute atomic E-state index is 0.0370. The molecule has 7 nitrogen and oxygen atoms in total. The lowest BCUT2D eigenvalue weighted by Crippen LogP contribution is -2.40. The maximum Gasteiger partial charge on any atom is 0.369 e. The first-order valence-corrected chi connectivity index (χ1v) is 8.27. The first-order valence-electron chi connectivity index (χ1n) is 6.73. The van der Waals surface area contributed by atoms with Gasteiger partial charge in [0.25, 0.3) is 0 Å². The lowest BCUT2D eigenvalue weighted by molar-refractivity contribution is -0.495. The van der Waals surface area contributed by atoms with Gasteiger partial charge in [-0.1, -0.05) is 13.8 Å². The molecule has 1 unspecified atom stereocenters. The van der Waals surface area contributed by atoms with Gasteiger partial charge >= 0.3 is 7.60 Å². The van der Waals surface area contributed by atoms with Crippen LogP contribution < -0.4 is 0 Å². The molecule has 1 N–H and O–H groups in total. The Kier molecular flexibility index (Phi) is 7.32. The van der Waals surface area contributed by atoms with E-state index in [-0.39, 0.29) is 12.3 Å². The molecule has 0 aliphatic carbocycles. The zero-order chi connectivity index (χ0) is 16.1. The van der Waals surface area contributed by atoms with Gasteiger partial charge in [-0.3, -0.25) is 14.7 Å². The third kappa shape index (κ3) is 5.87. The summed E-state index contributed by atoms with van der Waals surface area (Å²) in [5.41, 5.74) is 0. The van der Waals surface area contributed by atoms with Crippen molar-refractivity contribution in [2.45, 2.75) is 65.5 Å². The third-order valence-corrected chi connectivity index (χ3v) is 5.07. The van der Waals surface area contributed by atoms with Gasteiger partial charge in [0, 0.05) is 4.92 Å². The molecule has 0 aromatic carbocycles. The average Bonchev–Trinajstić information content (AvgIpc) is 2.10. The van der Waals surface area contributed by atoms with Crippen LogP contribution in [0.2, 0.25) is 0 Å². The van der Waals surface area contributed by atoms with Gasteiger partial charge in [0.05, 0.1) is 12.2 Å². The first-order chi connectivity index (χ1) is 8.92. The normalized spacial score (nSPS) is 15.9. The fraction of sp³-hybridized carbons (Fsp3) is 1.00. The Labute approximate surface area is 120 Å². The van der Waals surface area contributed by atoms with Gasteiger partial charge in [0.1, 0.15) is 0 Å². The average molecular weight is 311 g/mol. The summed E-state index contributed by atoms with van der Waals surface area (Å²) in [5.74, 6) is -0.0974. The summed E-state index contributed by atoms with van der Waals surface area (Å²) in [5, 5.41) is 19.3. The topological polar surface area (TPSA) is 98.9 Å². The van der Waals surface area contributed by atoms with Gasteiger partial charge in [-0.15, -0.1) is 0 Å². The fourth-order valence-corrected chi connectivity index (χ4v) is 4.33. The Morgan fingerprint density at radius 3 is 1.80 bits per heavy atom. The molecule has 0 spiro atoms. The van der Waals surface area contributed by atoms with Crippen LogP contribution in [0.4, 0.5) is 0 Å². The molecule has 1 atom stereocenters. The molecule has 0 aromatic rings. The van der Waals surface area contributed by atoms with Crippen molar-refractivity contribution in [2.75, 3.05) is 6.54 Å². The number of hydrogen-bond acceptors (Lipinski definition) is 6. The highest BCUT2D eigenvalue weighted by atomic mass is 31.2. The largest absolute Gasteiger partial charge is 0.372 e. The zero-order valence-corrected chi connectivity index (χ0v) is 13.9. The summed E-state index contributed by atoms with van der Waals surface area (Å²) in [6, 6.07) is 0. The van der Waals surface area contributed by atoms with Gasteiger partial charge in [-0.2, -0.15) is 0 Å². The van der Waals surface area contributed by atoms with Crippen LogP contribution in [0.25, 0.3) is 0 Å². The highest BCUT2D eigenvalue weighted by molar-refractivity contribution is 7.55. The molecule has 0 aliphatic heterocycles. The molecule has 0 aliphatic rings. The molecule has 0 saturated heterocycles. The highest BCUT2D eigenvalue weighted by Crippen LogP contribution is 2.62. The molecular formula is C12H26NO6P. The number of aliphatic hydroxyl groups is 1. The molecule has 8 heteroatoms. The van der Waals surface area contributed by atoms with E-state index in [0.717, 1.165) is 0 Å². The van der Waals surface area contributed by atoms with E-state index in [4.69, 9.17) is 9.05 Å². The van der Waals surface area contributed by atoms with Crippen molar-refractivity contribution in [2.24, 2.45) is 5.92 Å². The predicted molar refractivity (Wildman–Crippen MR) is 76.3 cm³/mol. The number of rotatable bonds is 9. The van der Waals surface area contributed by atoms with Crippen LogP contribution in [-0.2, 0) is 13.6 Å². The summed E-state index contributed by atoms with van der Waals surface area (Å²) >= 11 is 0. The smallest absolute Gasteiger partial charge is 0.369 e. The minimum atomic E-state index is -4.05. The van der Waals surface area contributed by atoms with Crippen molar-refractivity contribution >= 4 is 7.60 Å². The van der Waals surface area contributed by atoms with Gasteiger partial charge < -0.3 is 14.2 Å². The number of nitrogens with zero attached hydrogens (tertiary/aromatic N) is 1. The molecule has 0 amide bonds. The van der Waals surface area contributed by atoms with E-state index in [1.54, 1.807) is 41.5 Å². The second-order valence-corrected chi connectivity index (χ2v) is 8.13. The first kappa shape index (κ1) is 19.5. The van der Waals surface area contributed by atoms with Crippen LogP contribution in [0.5, 0.6) is 0 Å². The summed E-state index contributed by atoms with van der Waals surface area (Å²) in [7, 11) is -4.05. The van der Waals surface area contributed by atoms with Crippen molar-refractivity contribution in [1.29, 1.82) is 0 Å². The van der Waals surface area contributed by atoms with E-state index in [2.05, 4.69) is 0 Å². The number of nitro groups is 1. The van der Waals surface area contributed by atoms with Crippen LogP contribution in [-0.4, -0.2) is 34.1 Å². The van der Waals surface area contributed by atoms with E-state index >= 15 is 0 Å². The molecule has 0 radical (unpaired) electrons. The zero-order valence-electron chi connectivity index (χ0n) is 13.0. The standard InChI is InChI=1S/C12H26NO6P/c1-9(2)7-12(14,8-13(15)16)20(17,18-10(3)4)19-11(5)6/h9-11,14H,7-8H2,1-6H3. The molecule has 120 valence electrons. The monoisotopic (exact) mass is 311 g/mol. The second kappa shape index (κ2) is 7.50. The van der Waals surface area contributed by atoms with Crippen LogP contribution in [0.3, 0.4) is 0 Å². The quantitative estimate of drug-likeness (QED) is 0.399. The summed E-state index contributed by atoms with van der Waals surface area (Å²) < 4.78 is 23.5. The Morgan fingerprint density at radius 2 is 1.55 bits per heavy atom. The Morgan fingerprint density at radius 1 is 1.15 bits per heavy atom. The van der Waals surface area contributed by atoms with Gasteiger partial charge in [0.15, 0.2) is 0 Å². The van der Waals surface area contributed by atoms with E-state index in [1.807, 2.05) is 0 Å². The van der Waals surface area contributed by atoms with Gasteiger partial charge in [0.2, 0.25) is 11.9 Å². The lowest BCUT2D eigenvalue weighted by Gasteiger charge is -2.35. The minimum Gasteiger partial charge on any atom is -0.372 e. The van der Waals surface area contributed by atoms with Crippen LogP contribution in [0, 0.1) is 16.0 Å². The van der Waals surface area contributed by atoms with E-state index in [9.17, 15) is 19.8 Å². The SMILES string of the molecule is CC(C)CC(O)(C[N+](=O)[O-])P(=O)(OC(C)C)OC(C)C. The van der Waals surface area contributed by atoms with Crippen molar-refractivity contribution < 1.29 is 23.6 Å². The lowest BCUT2D eigenvalue weighted by atomic mass is 10.1. The Balaban J connectivity index is 5.60. The molecule has 0 saturated carbocycles. The maximum atomic E-state index is 12.9. The molecule has 0 aromatic heterocycles. The molecule has 0 heterocycles. The predicted octanol–water partition coefficient (Wildman–Crippen LogP) is 3.04. The van der Waals surface area contributed by atoms with Crippen molar-refractivity contribution in [3.05, 3.63) is 10.1 Å². The van der Waals surface area contributed by atoms with Crippen LogP contribution in [0.1, 0.15) is 48.0 Å². The van der Waals surface area contributed by atoms with E-state index in [1.165, 1.54) is 0 Å². The van der Waals surface area contributed by atoms with Crippen LogP contribution >= 0.6 is 7.60 Å².